The van der Waals surface area contributed by atoms with E-state index in [1.54, 1.807) is 19.1 Å². The first kappa shape index (κ1) is 14.5. The topological polar surface area (TPSA) is 130 Å². The summed E-state index contributed by atoms with van der Waals surface area (Å²) in [6.45, 7) is 0.916. The average molecular weight is 278 g/mol. The Hall–Kier alpha value is -0.550. The van der Waals surface area contributed by atoms with Gasteiger partial charge in [0.15, 0.2) is 18.4 Å². The molecule has 9 heteroatoms. The summed E-state index contributed by atoms with van der Waals surface area (Å²) in [7, 11) is -11.0. The Kier molecular flexibility index (Phi) is 4.25. The lowest BCUT2D eigenvalue weighted by atomic mass is 10.3. The third kappa shape index (κ3) is 4.00. The number of nitrogens with zero attached hydrogens (tertiary/aromatic N) is 1. The van der Waals surface area contributed by atoms with Crippen LogP contribution in [-0.4, -0.2) is 5.40 Å². The first-order chi connectivity index (χ1) is 7.62. The van der Waals surface area contributed by atoms with Crippen molar-refractivity contribution in [1.82, 2.24) is 0 Å². The Morgan fingerprint density at radius 1 is 1.18 bits per heavy atom. The summed E-state index contributed by atoms with van der Waals surface area (Å²) in [6, 6.07) is 4.78. The first-order valence-electron chi connectivity index (χ1n) is 4.61. The molecule has 0 aromatic carbocycles. The Labute approximate surface area is 98.1 Å². The van der Waals surface area contributed by atoms with Gasteiger partial charge in [-0.15, -0.1) is 0 Å². The molecule has 96 valence electrons. The van der Waals surface area contributed by atoms with E-state index >= 15 is 0 Å². The summed E-state index contributed by atoms with van der Waals surface area (Å²) in [5.41, 5.74) is 0.541. The van der Waals surface area contributed by atoms with Crippen LogP contribution in [0.15, 0.2) is 24.4 Å². The quantitative estimate of drug-likeness (QED) is 0.439. The molecular weight excluding hydrogens is 268 g/mol. The fraction of sp³-hybridized carbons (Fsp3) is 0.375. The highest BCUT2D eigenvalue weighted by Gasteiger charge is 2.23. The minimum Gasteiger partial charge on any atom is -0.810 e. The number of aromatic nitrogens is 1. The zero-order valence-corrected chi connectivity index (χ0v) is 10.7. The summed E-state index contributed by atoms with van der Waals surface area (Å²) in [6.07, 6.45) is 1.40. The van der Waals surface area contributed by atoms with Crippen molar-refractivity contribution < 1.29 is 33.3 Å². The van der Waals surface area contributed by atoms with Gasteiger partial charge in [0.05, 0.1) is 5.40 Å². The number of pyridine rings is 1. The van der Waals surface area contributed by atoms with Crippen molar-refractivity contribution in [2.75, 3.05) is 0 Å². The highest BCUT2D eigenvalue weighted by atomic mass is 31.2. The molecule has 0 radical (unpaired) electrons. The highest BCUT2D eigenvalue weighted by molar-refractivity contribution is 7.68. The van der Waals surface area contributed by atoms with E-state index in [4.69, 9.17) is 0 Å². The van der Waals surface area contributed by atoms with Crippen LogP contribution in [0.5, 0.6) is 0 Å². The SMILES string of the molecule is Cc1cccc[n+]1CC(P(=O)([O-])[O-])P(=O)([O-])[O-]. The average Bonchev–Trinajstić information content (AvgIpc) is 2.12. The van der Waals surface area contributed by atoms with Gasteiger partial charge in [0.2, 0.25) is 0 Å². The van der Waals surface area contributed by atoms with Crippen molar-refractivity contribution in [2.45, 2.75) is 18.9 Å². The molecule has 0 atom stereocenters. The minimum absolute atomic E-state index is 0.541. The van der Waals surface area contributed by atoms with E-state index in [9.17, 15) is 28.7 Å². The fourth-order valence-corrected chi connectivity index (χ4v) is 3.45. The van der Waals surface area contributed by atoms with E-state index in [1.165, 1.54) is 16.8 Å². The van der Waals surface area contributed by atoms with Crippen molar-refractivity contribution in [3.05, 3.63) is 30.1 Å². The third-order valence-corrected chi connectivity index (χ3v) is 5.74. The Morgan fingerprint density at radius 2 is 1.71 bits per heavy atom. The zero-order chi connectivity index (χ0) is 13.3. The van der Waals surface area contributed by atoms with E-state index in [0.717, 1.165) is 0 Å². The minimum atomic E-state index is -5.49. The molecule has 1 aromatic heterocycles. The van der Waals surface area contributed by atoms with Crippen molar-refractivity contribution in [1.29, 1.82) is 0 Å². The van der Waals surface area contributed by atoms with Gasteiger partial charge in [-0.3, -0.25) is 0 Å². The van der Waals surface area contributed by atoms with Gasteiger partial charge in [-0.05, 0) is 0 Å². The molecule has 1 aromatic rings. The molecule has 1 heterocycles. The molecule has 1 rings (SSSR count). The van der Waals surface area contributed by atoms with Crippen molar-refractivity contribution in [3.63, 3.8) is 0 Å². The monoisotopic (exact) mass is 278 g/mol. The molecule has 0 saturated heterocycles. The second kappa shape index (κ2) is 4.98. The number of rotatable bonds is 4. The van der Waals surface area contributed by atoms with Gasteiger partial charge in [-0.25, -0.2) is 4.57 Å². The molecule has 0 unspecified atom stereocenters. The molecule has 0 amide bonds. The maximum absolute atomic E-state index is 10.8. The van der Waals surface area contributed by atoms with Crippen molar-refractivity contribution in [2.24, 2.45) is 0 Å². The lowest BCUT2D eigenvalue weighted by molar-refractivity contribution is -0.701. The molecule has 0 spiro atoms. The lowest BCUT2D eigenvalue weighted by Gasteiger charge is -2.47. The predicted octanol–water partition coefficient (Wildman–Crippen LogP) is -2.56. The van der Waals surface area contributed by atoms with Crippen LogP contribution in [-0.2, 0) is 15.7 Å². The first-order valence-corrected chi connectivity index (χ1v) is 7.83. The molecule has 0 fully saturated rings. The molecule has 17 heavy (non-hydrogen) atoms. The van der Waals surface area contributed by atoms with E-state index in [0.29, 0.717) is 5.69 Å². The van der Waals surface area contributed by atoms with Gasteiger partial charge >= 0.3 is 0 Å². The van der Waals surface area contributed by atoms with Gasteiger partial charge < -0.3 is 28.7 Å². The van der Waals surface area contributed by atoms with Gasteiger partial charge in [0, 0.05) is 19.1 Å². The summed E-state index contributed by atoms with van der Waals surface area (Å²) >= 11 is 0. The van der Waals surface area contributed by atoms with Crippen LogP contribution in [0.2, 0.25) is 0 Å². The van der Waals surface area contributed by atoms with Crippen LogP contribution in [0.4, 0.5) is 0 Å². The van der Waals surface area contributed by atoms with Crippen LogP contribution >= 0.6 is 15.2 Å². The fourth-order valence-electron chi connectivity index (χ4n) is 1.32. The van der Waals surface area contributed by atoms with Gasteiger partial charge in [0.25, 0.3) is 0 Å². The summed E-state index contributed by atoms with van der Waals surface area (Å²) in [5.74, 6) is 0. The Bertz CT molecular complexity index is 471. The smallest absolute Gasteiger partial charge is 0.178 e. The molecule has 0 aliphatic carbocycles. The van der Waals surface area contributed by atoms with Crippen LogP contribution in [0.25, 0.3) is 0 Å². The zero-order valence-electron chi connectivity index (χ0n) is 8.88. The maximum Gasteiger partial charge on any atom is 0.178 e. The normalized spacial score (nSPS) is 13.1. The maximum atomic E-state index is 10.8. The number of hydrogen-bond donors (Lipinski definition) is 0. The standard InChI is InChI=1S/C8H13NO6P2/c1-7-4-2-3-5-9(7)6-8(16(10,11)12)17(13,14)15/h2-5,8H,6H2,1H3,(H3-,10,11,12,13,14,15)/p-3. The molecule has 0 aliphatic heterocycles. The van der Waals surface area contributed by atoms with E-state index in [1.807, 2.05) is 0 Å². The van der Waals surface area contributed by atoms with Crippen molar-refractivity contribution >= 4 is 15.2 Å². The summed E-state index contributed by atoms with van der Waals surface area (Å²) in [5, 5.41) is -2.46. The van der Waals surface area contributed by atoms with E-state index in [-0.39, 0.29) is 0 Å². The molecule has 0 saturated carbocycles. The van der Waals surface area contributed by atoms with Crippen LogP contribution in [0, 0.1) is 6.92 Å². The Balaban J connectivity index is 3.09. The third-order valence-electron chi connectivity index (χ3n) is 2.26. The summed E-state index contributed by atoms with van der Waals surface area (Å²) < 4.78 is 22.8. The lowest BCUT2D eigenvalue weighted by Crippen LogP contribution is -2.47. The van der Waals surface area contributed by atoms with Gasteiger partial charge in [0.1, 0.15) is 0 Å². The summed E-state index contributed by atoms with van der Waals surface area (Å²) in [4.78, 5) is 43.1. The molecule has 0 bridgehead atoms. The number of aryl methyl sites for hydroxylation is 1. The molecule has 7 nitrogen and oxygen atoms in total. The van der Waals surface area contributed by atoms with Crippen LogP contribution in [0.1, 0.15) is 5.69 Å². The molecule has 0 aliphatic rings. The van der Waals surface area contributed by atoms with E-state index in [2.05, 4.69) is 0 Å². The predicted molar refractivity (Wildman–Crippen MR) is 50.4 cm³/mol. The largest absolute Gasteiger partial charge is 0.810 e. The van der Waals surface area contributed by atoms with E-state index < -0.39 is 27.1 Å². The second-order valence-corrected chi connectivity index (χ2v) is 7.37. The molecule has 0 N–H and O–H groups in total. The van der Waals surface area contributed by atoms with Crippen LogP contribution in [0.3, 0.4) is 0 Å². The second-order valence-electron chi connectivity index (χ2n) is 3.55. The highest BCUT2D eigenvalue weighted by Crippen LogP contribution is 2.50. The van der Waals surface area contributed by atoms with Crippen molar-refractivity contribution in [3.8, 4) is 0 Å². The van der Waals surface area contributed by atoms with Crippen LogP contribution < -0.4 is 24.1 Å². The van der Waals surface area contributed by atoms with Gasteiger partial charge in [-0.2, -0.15) is 0 Å². The Morgan fingerprint density at radius 3 is 2.12 bits per heavy atom. The van der Waals surface area contributed by atoms with Gasteiger partial charge in [-0.1, -0.05) is 21.3 Å². The molecular formula is C8H10NO6P2-3. The number of hydrogen-bond acceptors (Lipinski definition) is 6.